The van der Waals surface area contributed by atoms with E-state index in [1.54, 1.807) is 7.11 Å². The third kappa shape index (κ3) is 5.24. The Labute approximate surface area is 128 Å². The van der Waals surface area contributed by atoms with Crippen LogP contribution in [0.25, 0.3) is 0 Å². The van der Waals surface area contributed by atoms with Crippen molar-refractivity contribution in [1.29, 1.82) is 0 Å². The third-order valence-corrected chi connectivity index (χ3v) is 4.71. The maximum Gasteiger partial charge on any atom is 0.226 e. The number of ether oxygens (including phenoxy) is 2. The first-order valence-electron chi connectivity index (χ1n) is 8.28. The van der Waals surface area contributed by atoms with Crippen LogP contribution in [-0.2, 0) is 14.3 Å². The lowest BCUT2D eigenvalue weighted by Gasteiger charge is -2.35. The number of nitrogens with zero attached hydrogens (tertiary/aromatic N) is 2. The van der Waals surface area contributed by atoms with Crippen molar-refractivity contribution in [2.75, 3.05) is 59.7 Å². The van der Waals surface area contributed by atoms with Crippen LogP contribution >= 0.6 is 0 Å². The van der Waals surface area contributed by atoms with Crippen molar-refractivity contribution in [1.82, 2.24) is 9.80 Å². The molecule has 2 rings (SSSR count). The fraction of sp³-hybridized carbons (Fsp3) is 0.938. The number of morpholine rings is 1. The van der Waals surface area contributed by atoms with Crippen molar-refractivity contribution in [3.63, 3.8) is 0 Å². The van der Waals surface area contributed by atoms with Crippen molar-refractivity contribution < 1.29 is 14.3 Å². The number of carbonyl (C=O) groups excluding carboxylic acids is 1. The van der Waals surface area contributed by atoms with E-state index in [4.69, 9.17) is 9.47 Å². The van der Waals surface area contributed by atoms with E-state index in [2.05, 4.69) is 16.7 Å². The molecule has 0 N–H and O–H groups in total. The Balaban J connectivity index is 1.70. The molecule has 0 spiro atoms. The molecular formula is C16H30N2O3. The smallest absolute Gasteiger partial charge is 0.226 e. The minimum atomic E-state index is 0.0959. The molecule has 0 radical (unpaired) electrons. The largest absolute Gasteiger partial charge is 0.385 e. The summed E-state index contributed by atoms with van der Waals surface area (Å²) in [7, 11) is 1.76. The van der Waals surface area contributed by atoms with E-state index < -0.39 is 0 Å². The SMILES string of the molecule is COCCC1CCN(C(=O)C(C)CN2CCOCC2)CC1. The normalized spacial score (nSPS) is 23.2. The molecule has 1 amide bonds. The van der Waals surface area contributed by atoms with Crippen LogP contribution in [0.3, 0.4) is 0 Å². The maximum absolute atomic E-state index is 12.5. The summed E-state index contributed by atoms with van der Waals surface area (Å²) >= 11 is 0. The van der Waals surface area contributed by atoms with E-state index in [0.29, 0.717) is 5.91 Å². The van der Waals surface area contributed by atoms with E-state index in [1.807, 2.05) is 0 Å². The van der Waals surface area contributed by atoms with Gasteiger partial charge in [-0.05, 0) is 25.2 Å². The van der Waals surface area contributed by atoms with E-state index in [9.17, 15) is 4.79 Å². The zero-order valence-corrected chi connectivity index (χ0v) is 13.6. The van der Waals surface area contributed by atoms with Crippen LogP contribution in [0.5, 0.6) is 0 Å². The first-order chi connectivity index (χ1) is 10.2. The van der Waals surface area contributed by atoms with E-state index in [0.717, 1.165) is 77.7 Å². The second-order valence-corrected chi connectivity index (χ2v) is 6.36. The number of likely N-dealkylation sites (tertiary alicyclic amines) is 1. The van der Waals surface area contributed by atoms with Gasteiger partial charge in [-0.1, -0.05) is 6.92 Å². The van der Waals surface area contributed by atoms with Crippen molar-refractivity contribution in [3.05, 3.63) is 0 Å². The molecule has 0 aromatic carbocycles. The lowest BCUT2D eigenvalue weighted by molar-refractivity contribution is -0.137. The van der Waals surface area contributed by atoms with Crippen LogP contribution in [-0.4, -0.2) is 75.4 Å². The average molecular weight is 298 g/mol. The first-order valence-corrected chi connectivity index (χ1v) is 8.28. The molecule has 0 bridgehead atoms. The van der Waals surface area contributed by atoms with Gasteiger partial charge < -0.3 is 14.4 Å². The molecule has 21 heavy (non-hydrogen) atoms. The Kier molecular flexibility index (Phi) is 6.93. The van der Waals surface area contributed by atoms with Crippen molar-refractivity contribution in [2.24, 2.45) is 11.8 Å². The number of hydrogen-bond donors (Lipinski definition) is 0. The van der Waals surface area contributed by atoms with E-state index in [-0.39, 0.29) is 5.92 Å². The quantitative estimate of drug-likeness (QED) is 0.740. The summed E-state index contributed by atoms with van der Waals surface area (Å²) < 4.78 is 10.5. The predicted molar refractivity (Wildman–Crippen MR) is 82.2 cm³/mol. The summed E-state index contributed by atoms with van der Waals surface area (Å²) in [5.74, 6) is 1.15. The molecule has 0 aromatic heterocycles. The van der Waals surface area contributed by atoms with Gasteiger partial charge in [-0.15, -0.1) is 0 Å². The van der Waals surface area contributed by atoms with Gasteiger partial charge in [0.05, 0.1) is 13.2 Å². The van der Waals surface area contributed by atoms with Crippen molar-refractivity contribution >= 4 is 5.91 Å². The zero-order chi connectivity index (χ0) is 15.1. The highest BCUT2D eigenvalue weighted by Crippen LogP contribution is 2.22. The number of piperidine rings is 1. The highest BCUT2D eigenvalue weighted by Gasteiger charge is 2.27. The highest BCUT2D eigenvalue weighted by atomic mass is 16.5. The molecule has 0 aromatic rings. The molecule has 2 aliphatic rings. The summed E-state index contributed by atoms with van der Waals surface area (Å²) in [5.41, 5.74) is 0. The van der Waals surface area contributed by atoms with Crippen LogP contribution in [0, 0.1) is 11.8 Å². The molecule has 2 aliphatic heterocycles. The fourth-order valence-corrected chi connectivity index (χ4v) is 3.29. The van der Waals surface area contributed by atoms with Crippen molar-refractivity contribution in [3.8, 4) is 0 Å². The number of rotatable bonds is 6. The van der Waals surface area contributed by atoms with Crippen LogP contribution in [0.15, 0.2) is 0 Å². The molecule has 2 heterocycles. The van der Waals surface area contributed by atoms with Crippen LogP contribution in [0.1, 0.15) is 26.2 Å². The Morgan fingerprint density at radius 3 is 2.52 bits per heavy atom. The first kappa shape index (κ1) is 16.7. The molecule has 0 saturated carbocycles. The predicted octanol–water partition coefficient (Wildman–Crippen LogP) is 1.23. The Morgan fingerprint density at radius 1 is 1.24 bits per heavy atom. The molecule has 2 saturated heterocycles. The zero-order valence-electron chi connectivity index (χ0n) is 13.6. The fourth-order valence-electron chi connectivity index (χ4n) is 3.29. The minimum Gasteiger partial charge on any atom is -0.385 e. The summed E-state index contributed by atoms with van der Waals surface area (Å²) in [6.45, 7) is 9.11. The Morgan fingerprint density at radius 2 is 1.90 bits per heavy atom. The summed E-state index contributed by atoms with van der Waals surface area (Å²) in [6, 6.07) is 0. The molecule has 0 aliphatic carbocycles. The van der Waals surface area contributed by atoms with Gasteiger partial charge in [0.15, 0.2) is 0 Å². The number of hydrogen-bond acceptors (Lipinski definition) is 4. The summed E-state index contributed by atoms with van der Waals surface area (Å²) in [4.78, 5) is 16.9. The third-order valence-electron chi connectivity index (χ3n) is 4.71. The monoisotopic (exact) mass is 298 g/mol. The van der Waals surface area contributed by atoms with Gasteiger partial charge in [-0.25, -0.2) is 0 Å². The maximum atomic E-state index is 12.5. The minimum absolute atomic E-state index is 0.0959. The Bertz CT molecular complexity index is 311. The van der Waals surface area contributed by atoms with Gasteiger partial charge >= 0.3 is 0 Å². The van der Waals surface area contributed by atoms with Gasteiger partial charge in [-0.3, -0.25) is 9.69 Å². The summed E-state index contributed by atoms with van der Waals surface area (Å²) in [5, 5.41) is 0. The summed E-state index contributed by atoms with van der Waals surface area (Å²) in [6.07, 6.45) is 3.38. The number of amides is 1. The number of carbonyl (C=O) groups is 1. The van der Waals surface area contributed by atoms with Gasteiger partial charge in [0.1, 0.15) is 0 Å². The second kappa shape index (κ2) is 8.71. The van der Waals surface area contributed by atoms with Gasteiger partial charge in [0.25, 0.3) is 0 Å². The molecule has 1 unspecified atom stereocenters. The second-order valence-electron chi connectivity index (χ2n) is 6.36. The average Bonchev–Trinajstić information content (AvgIpc) is 2.53. The van der Waals surface area contributed by atoms with Crippen LogP contribution in [0.4, 0.5) is 0 Å². The lowest BCUT2D eigenvalue weighted by Crippen LogP contribution is -2.46. The molecule has 2 fully saturated rings. The molecular weight excluding hydrogens is 268 g/mol. The number of methoxy groups -OCH3 is 1. The standard InChI is InChI=1S/C16H30N2O3/c1-14(13-17-8-11-21-12-9-17)16(19)18-6-3-15(4-7-18)5-10-20-2/h14-15H,3-13H2,1-2H3. The topological polar surface area (TPSA) is 42.0 Å². The molecule has 122 valence electrons. The van der Waals surface area contributed by atoms with Crippen LogP contribution < -0.4 is 0 Å². The molecule has 5 nitrogen and oxygen atoms in total. The highest BCUT2D eigenvalue weighted by molar-refractivity contribution is 5.78. The van der Waals surface area contributed by atoms with Gasteiger partial charge in [0, 0.05) is 52.4 Å². The lowest BCUT2D eigenvalue weighted by atomic mass is 9.93. The van der Waals surface area contributed by atoms with Crippen LogP contribution in [0.2, 0.25) is 0 Å². The van der Waals surface area contributed by atoms with E-state index in [1.165, 1.54) is 0 Å². The van der Waals surface area contributed by atoms with E-state index >= 15 is 0 Å². The molecule has 5 heteroatoms. The molecule has 1 atom stereocenters. The van der Waals surface area contributed by atoms with Gasteiger partial charge in [-0.2, -0.15) is 0 Å². The van der Waals surface area contributed by atoms with Gasteiger partial charge in [0.2, 0.25) is 5.91 Å². The van der Waals surface area contributed by atoms with Crippen molar-refractivity contribution in [2.45, 2.75) is 26.2 Å². The Hall–Kier alpha value is -0.650.